The Kier molecular flexibility index (Phi) is 5.14. The van der Waals surface area contributed by atoms with Crippen molar-refractivity contribution in [2.45, 2.75) is 52.4 Å². The Morgan fingerprint density at radius 1 is 0.750 bits per heavy atom. The van der Waals surface area contributed by atoms with Gasteiger partial charge in [-0.2, -0.15) is 0 Å². The summed E-state index contributed by atoms with van der Waals surface area (Å²) < 4.78 is 0. The van der Waals surface area contributed by atoms with E-state index in [1.807, 2.05) is 36.4 Å². The summed E-state index contributed by atoms with van der Waals surface area (Å²) in [5, 5.41) is 11.2. The molecular weight excluding hydrogens is 296 g/mol. The quantitative estimate of drug-likeness (QED) is 0.437. The molecule has 0 saturated heterocycles. The van der Waals surface area contributed by atoms with Crippen LogP contribution in [0.4, 0.5) is 11.4 Å². The second-order valence-corrected chi connectivity index (χ2v) is 8.18. The van der Waals surface area contributed by atoms with Crippen LogP contribution in [0.3, 0.4) is 0 Å². The molecule has 3 heteroatoms. The number of rotatable bonds is 3. The van der Waals surface area contributed by atoms with Crippen LogP contribution in [0.1, 0.15) is 52.7 Å². The third-order valence-corrected chi connectivity index (χ3v) is 4.05. The van der Waals surface area contributed by atoms with E-state index in [2.05, 4.69) is 58.7 Å². The monoisotopic (exact) mass is 324 g/mol. The first-order valence-electron chi connectivity index (χ1n) is 8.31. The summed E-state index contributed by atoms with van der Waals surface area (Å²) in [4.78, 5) is 4.33. The van der Waals surface area contributed by atoms with Gasteiger partial charge in [-0.25, -0.2) is 10.1 Å². The van der Waals surface area contributed by atoms with E-state index >= 15 is 0 Å². The molecule has 0 fully saturated rings. The molecule has 0 saturated carbocycles. The summed E-state index contributed by atoms with van der Waals surface area (Å²) in [6.45, 7) is 13.1. The first kappa shape index (κ1) is 18.2. The highest BCUT2D eigenvalue weighted by molar-refractivity contribution is 5.78. The van der Waals surface area contributed by atoms with Crippen molar-refractivity contribution in [1.82, 2.24) is 0 Å². The fraction of sp³-hybridized carbons (Fsp3) is 0.381. The van der Waals surface area contributed by atoms with Crippen molar-refractivity contribution in [3.63, 3.8) is 0 Å². The molecule has 0 amide bonds. The number of hydroxylamine groups is 1. The molecule has 1 N–H and O–H groups in total. The van der Waals surface area contributed by atoms with Crippen molar-refractivity contribution >= 4 is 17.7 Å². The first-order chi connectivity index (χ1) is 11.1. The van der Waals surface area contributed by atoms with Gasteiger partial charge in [0.15, 0.2) is 0 Å². The molecule has 0 unspecified atom stereocenters. The second kappa shape index (κ2) is 6.78. The SMILES string of the molecule is CC(C)(C)c1ccc(N=CN(O)c2ccc(C(C)(C)C)cc2)cc1. The van der Waals surface area contributed by atoms with Crippen LogP contribution in [0.15, 0.2) is 53.5 Å². The van der Waals surface area contributed by atoms with Crippen molar-refractivity contribution in [3.8, 4) is 0 Å². The third kappa shape index (κ3) is 4.68. The maximum Gasteiger partial charge on any atom is 0.122 e. The van der Waals surface area contributed by atoms with Crippen molar-refractivity contribution in [1.29, 1.82) is 0 Å². The Bertz CT molecular complexity index is 687. The van der Waals surface area contributed by atoms with Crippen LogP contribution >= 0.6 is 0 Å². The van der Waals surface area contributed by atoms with Gasteiger partial charge in [-0.15, -0.1) is 0 Å². The van der Waals surface area contributed by atoms with Crippen LogP contribution in [-0.2, 0) is 10.8 Å². The van der Waals surface area contributed by atoms with Gasteiger partial charge < -0.3 is 0 Å². The predicted octanol–water partition coefficient (Wildman–Crippen LogP) is 5.84. The van der Waals surface area contributed by atoms with Gasteiger partial charge in [0.2, 0.25) is 0 Å². The molecule has 2 aromatic rings. The topological polar surface area (TPSA) is 35.8 Å². The molecule has 0 aliphatic rings. The minimum Gasteiger partial charge on any atom is -0.283 e. The van der Waals surface area contributed by atoms with Crippen LogP contribution in [0.25, 0.3) is 0 Å². The Balaban J connectivity index is 2.08. The van der Waals surface area contributed by atoms with Gasteiger partial charge in [-0.1, -0.05) is 65.8 Å². The first-order valence-corrected chi connectivity index (χ1v) is 8.31. The molecule has 0 heterocycles. The van der Waals surface area contributed by atoms with E-state index in [0.717, 1.165) is 10.8 Å². The van der Waals surface area contributed by atoms with Crippen molar-refractivity contribution in [2.24, 2.45) is 4.99 Å². The fourth-order valence-electron chi connectivity index (χ4n) is 2.35. The Morgan fingerprint density at radius 2 is 1.17 bits per heavy atom. The van der Waals surface area contributed by atoms with E-state index in [1.54, 1.807) is 0 Å². The van der Waals surface area contributed by atoms with Gasteiger partial charge in [-0.05, 0) is 46.2 Å². The van der Waals surface area contributed by atoms with Gasteiger partial charge >= 0.3 is 0 Å². The lowest BCUT2D eigenvalue weighted by Gasteiger charge is -2.20. The molecule has 2 aromatic carbocycles. The van der Waals surface area contributed by atoms with E-state index in [-0.39, 0.29) is 10.8 Å². The third-order valence-electron chi connectivity index (χ3n) is 4.05. The lowest BCUT2D eigenvalue weighted by Crippen LogP contribution is -2.16. The summed E-state index contributed by atoms with van der Waals surface area (Å²) in [7, 11) is 0. The van der Waals surface area contributed by atoms with E-state index in [9.17, 15) is 5.21 Å². The van der Waals surface area contributed by atoms with Crippen molar-refractivity contribution in [2.75, 3.05) is 5.06 Å². The van der Waals surface area contributed by atoms with Gasteiger partial charge in [-0.3, -0.25) is 5.21 Å². The average molecular weight is 324 g/mol. The van der Waals surface area contributed by atoms with Crippen LogP contribution in [0.5, 0.6) is 0 Å². The molecular formula is C21H28N2O. The second-order valence-electron chi connectivity index (χ2n) is 8.18. The number of benzene rings is 2. The number of nitrogens with zero attached hydrogens (tertiary/aromatic N) is 2. The van der Waals surface area contributed by atoms with E-state index in [1.165, 1.54) is 17.5 Å². The number of hydrogen-bond donors (Lipinski definition) is 1. The average Bonchev–Trinajstić information content (AvgIpc) is 2.51. The molecule has 24 heavy (non-hydrogen) atoms. The largest absolute Gasteiger partial charge is 0.283 e. The molecule has 0 spiro atoms. The minimum atomic E-state index is 0.0989. The molecule has 0 radical (unpaired) electrons. The number of anilines is 1. The Morgan fingerprint density at radius 3 is 1.58 bits per heavy atom. The summed E-state index contributed by atoms with van der Waals surface area (Å²) in [5.41, 5.74) is 4.22. The lowest BCUT2D eigenvalue weighted by molar-refractivity contribution is 0.317. The van der Waals surface area contributed by atoms with Gasteiger partial charge in [0.05, 0.1) is 11.4 Å². The van der Waals surface area contributed by atoms with E-state index in [4.69, 9.17) is 0 Å². The summed E-state index contributed by atoms with van der Waals surface area (Å²) in [6, 6.07) is 15.9. The van der Waals surface area contributed by atoms with Crippen LogP contribution in [0, 0.1) is 0 Å². The maximum absolute atomic E-state index is 10.1. The zero-order valence-electron chi connectivity index (χ0n) is 15.5. The zero-order valence-corrected chi connectivity index (χ0v) is 15.5. The normalized spacial score (nSPS) is 12.6. The van der Waals surface area contributed by atoms with Crippen LogP contribution in [0.2, 0.25) is 0 Å². The summed E-state index contributed by atoms with van der Waals surface area (Å²) in [5.74, 6) is 0. The van der Waals surface area contributed by atoms with Crippen molar-refractivity contribution in [3.05, 3.63) is 59.7 Å². The number of aliphatic imine (C=N–C) groups is 1. The molecule has 0 bridgehead atoms. The Hall–Kier alpha value is -2.13. The fourth-order valence-corrected chi connectivity index (χ4v) is 2.35. The van der Waals surface area contributed by atoms with Crippen LogP contribution in [-0.4, -0.2) is 11.5 Å². The molecule has 0 aromatic heterocycles. The lowest BCUT2D eigenvalue weighted by atomic mass is 9.87. The van der Waals surface area contributed by atoms with E-state index < -0.39 is 0 Å². The van der Waals surface area contributed by atoms with E-state index in [0.29, 0.717) is 5.69 Å². The van der Waals surface area contributed by atoms with Gasteiger partial charge in [0, 0.05) is 0 Å². The molecule has 0 aliphatic carbocycles. The van der Waals surface area contributed by atoms with Gasteiger partial charge in [0.1, 0.15) is 6.34 Å². The highest BCUT2D eigenvalue weighted by atomic mass is 16.5. The maximum atomic E-state index is 10.1. The standard InChI is InChI=1S/C21H28N2O/c1-20(2,3)16-7-11-18(12-8-16)22-15-23(24)19-13-9-17(10-14-19)21(4,5)6/h7-15,24H,1-6H3. The zero-order chi connectivity index (χ0) is 18.0. The predicted molar refractivity (Wildman–Crippen MR) is 103 cm³/mol. The summed E-state index contributed by atoms with van der Waals surface area (Å²) in [6.07, 6.45) is 1.43. The number of hydrogen-bond acceptors (Lipinski definition) is 2. The Labute approximate surface area is 145 Å². The smallest absolute Gasteiger partial charge is 0.122 e. The summed E-state index contributed by atoms with van der Waals surface area (Å²) >= 11 is 0. The molecule has 3 nitrogen and oxygen atoms in total. The minimum absolute atomic E-state index is 0.0989. The van der Waals surface area contributed by atoms with Gasteiger partial charge in [0.25, 0.3) is 0 Å². The van der Waals surface area contributed by atoms with Crippen molar-refractivity contribution < 1.29 is 5.21 Å². The molecule has 0 aliphatic heterocycles. The highest BCUT2D eigenvalue weighted by Crippen LogP contribution is 2.25. The molecule has 2 rings (SSSR count). The highest BCUT2D eigenvalue weighted by Gasteiger charge is 2.14. The van der Waals surface area contributed by atoms with Crippen LogP contribution < -0.4 is 5.06 Å². The molecule has 128 valence electrons. The molecule has 0 atom stereocenters.